The first-order valence-corrected chi connectivity index (χ1v) is 11.9. The van der Waals surface area contributed by atoms with Crippen molar-refractivity contribution in [2.45, 2.75) is 52.4 Å². The molecule has 1 aliphatic rings. The molecule has 1 unspecified atom stereocenters. The molecule has 8 nitrogen and oxygen atoms in total. The Hall–Kier alpha value is -2.77. The number of piperidine rings is 1. The maximum atomic E-state index is 12.9. The number of carbonyl (C=O) groups excluding carboxylic acids is 3. The summed E-state index contributed by atoms with van der Waals surface area (Å²) in [5, 5.41) is 0. The van der Waals surface area contributed by atoms with Crippen molar-refractivity contribution in [2.24, 2.45) is 5.92 Å². The van der Waals surface area contributed by atoms with Gasteiger partial charge in [-0.15, -0.1) is 0 Å². The Morgan fingerprint density at radius 2 is 1.91 bits per heavy atom. The SMILES string of the molecule is CCCCCCOc1ccc(C(=O)N(C)CC(=O)N2CCCC(C(=O)OCC)C2)cc1OC. The molecule has 184 valence electrons. The van der Waals surface area contributed by atoms with Crippen LogP contribution >= 0.6 is 0 Å². The molecule has 0 spiro atoms. The number of rotatable bonds is 12. The zero-order chi connectivity index (χ0) is 24.2. The van der Waals surface area contributed by atoms with Gasteiger partial charge >= 0.3 is 5.97 Å². The smallest absolute Gasteiger partial charge is 0.310 e. The van der Waals surface area contributed by atoms with Crippen molar-refractivity contribution < 1.29 is 28.6 Å². The lowest BCUT2D eigenvalue weighted by Crippen LogP contribution is -2.47. The van der Waals surface area contributed by atoms with Crippen molar-refractivity contribution in [1.82, 2.24) is 9.80 Å². The van der Waals surface area contributed by atoms with Crippen LogP contribution < -0.4 is 9.47 Å². The highest BCUT2D eigenvalue weighted by Gasteiger charge is 2.30. The van der Waals surface area contributed by atoms with E-state index < -0.39 is 0 Å². The monoisotopic (exact) mass is 462 g/mol. The van der Waals surface area contributed by atoms with Crippen LogP contribution in [0.25, 0.3) is 0 Å². The number of hydrogen-bond donors (Lipinski definition) is 0. The van der Waals surface area contributed by atoms with Crippen LogP contribution in [0.15, 0.2) is 18.2 Å². The van der Waals surface area contributed by atoms with Gasteiger partial charge in [-0.1, -0.05) is 26.2 Å². The van der Waals surface area contributed by atoms with Crippen molar-refractivity contribution in [3.05, 3.63) is 23.8 Å². The first kappa shape index (κ1) is 26.5. The van der Waals surface area contributed by atoms with E-state index in [2.05, 4.69) is 6.92 Å². The zero-order valence-electron chi connectivity index (χ0n) is 20.4. The molecule has 0 saturated carbocycles. The van der Waals surface area contributed by atoms with E-state index in [-0.39, 0.29) is 30.2 Å². The third kappa shape index (κ3) is 7.94. The number of nitrogens with zero attached hydrogens (tertiary/aromatic N) is 2. The predicted octanol–water partition coefficient (Wildman–Crippen LogP) is 3.53. The van der Waals surface area contributed by atoms with Crippen molar-refractivity contribution in [3.8, 4) is 11.5 Å². The fourth-order valence-corrected chi connectivity index (χ4v) is 3.88. The second-order valence-electron chi connectivity index (χ2n) is 8.37. The molecule has 0 bridgehead atoms. The van der Waals surface area contributed by atoms with Crippen molar-refractivity contribution in [2.75, 3.05) is 47.0 Å². The molecule has 33 heavy (non-hydrogen) atoms. The number of esters is 1. The lowest BCUT2D eigenvalue weighted by molar-refractivity contribution is -0.151. The molecule has 1 atom stereocenters. The lowest BCUT2D eigenvalue weighted by Gasteiger charge is -2.32. The average molecular weight is 463 g/mol. The first-order valence-electron chi connectivity index (χ1n) is 11.9. The van der Waals surface area contributed by atoms with E-state index in [9.17, 15) is 14.4 Å². The van der Waals surface area contributed by atoms with Crippen LogP contribution in [0.4, 0.5) is 0 Å². The van der Waals surface area contributed by atoms with Gasteiger partial charge in [-0.3, -0.25) is 14.4 Å². The molecule has 0 N–H and O–H groups in total. The summed E-state index contributed by atoms with van der Waals surface area (Å²) in [6, 6.07) is 5.06. The number of likely N-dealkylation sites (tertiary alicyclic amines) is 1. The molecule has 8 heteroatoms. The molecule has 2 amide bonds. The molecule has 1 aromatic rings. The number of likely N-dealkylation sites (N-methyl/N-ethyl adjacent to an activating group) is 1. The Kier molecular flexibility index (Phi) is 11.0. The Morgan fingerprint density at radius 3 is 2.61 bits per heavy atom. The van der Waals surface area contributed by atoms with E-state index in [0.29, 0.717) is 49.8 Å². The molecule has 1 aliphatic heterocycles. The highest BCUT2D eigenvalue weighted by Crippen LogP contribution is 2.29. The maximum absolute atomic E-state index is 12.9. The van der Waals surface area contributed by atoms with Gasteiger partial charge in [0.2, 0.25) is 5.91 Å². The van der Waals surface area contributed by atoms with Gasteiger partial charge in [0, 0.05) is 25.7 Å². The summed E-state index contributed by atoms with van der Waals surface area (Å²) in [6.07, 6.45) is 5.88. The molecule has 2 rings (SSSR count). The normalized spacial score (nSPS) is 15.6. The third-order valence-electron chi connectivity index (χ3n) is 5.78. The number of hydrogen-bond acceptors (Lipinski definition) is 6. The maximum Gasteiger partial charge on any atom is 0.310 e. The number of amides is 2. The zero-order valence-corrected chi connectivity index (χ0v) is 20.4. The Bertz CT molecular complexity index is 797. The molecule has 1 saturated heterocycles. The summed E-state index contributed by atoms with van der Waals surface area (Å²) in [5.74, 6) is 0.0579. The highest BCUT2D eigenvalue weighted by molar-refractivity contribution is 5.97. The minimum Gasteiger partial charge on any atom is -0.493 e. The van der Waals surface area contributed by atoms with E-state index in [1.807, 2.05) is 0 Å². The standard InChI is InChI=1S/C25H38N2O6/c1-5-7-8-9-15-33-21-13-12-19(16-22(21)31-4)24(29)26(3)18-23(28)27-14-10-11-20(17-27)25(30)32-6-2/h12-13,16,20H,5-11,14-15,17-18H2,1-4H3. The van der Waals surface area contributed by atoms with Gasteiger partial charge in [-0.05, 0) is 44.4 Å². The fourth-order valence-electron chi connectivity index (χ4n) is 3.88. The van der Waals surface area contributed by atoms with Crippen molar-refractivity contribution >= 4 is 17.8 Å². The predicted molar refractivity (Wildman–Crippen MR) is 126 cm³/mol. The largest absolute Gasteiger partial charge is 0.493 e. The van der Waals surface area contributed by atoms with Crippen LogP contribution in [-0.2, 0) is 14.3 Å². The number of unbranched alkanes of at least 4 members (excludes halogenated alkanes) is 3. The Morgan fingerprint density at radius 1 is 1.12 bits per heavy atom. The second-order valence-corrected chi connectivity index (χ2v) is 8.37. The summed E-state index contributed by atoms with van der Waals surface area (Å²) in [7, 11) is 3.13. The van der Waals surface area contributed by atoms with Crippen molar-refractivity contribution in [3.63, 3.8) is 0 Å². The Balaban J connectivity index is 1.94. The van der Waals surface area contributed by atoms with E-state index in [0.717, 1.165) is 19.3 Å². The molecule has 0 radical (unpaired) electrons. The van der Waals surface area contributed by atoms with Crippen LogP contribution in [0.1, 0.15) is 62.7 Å². The van der Waals surface area contributed by atoms with E-state index in [1.54, 1.807) is 37.1 Å². The van der Waals surface area contributed by atoms with Gasteiger partial charge in [-0.2, -0.15) is 0 Å². The average Bonchev–Trinajstić information content (AvgIpc) is 2.83. The van der Waals surface area contributed by atoms with Gasteiger partial charge in [0.15, 0.2) is 11.5 Å². The molecular formula is C25H38N2O6. The number of ether oxygens (including phenoxy) is 3. The summed E-state index contributed by atoms with van der Waals surface area (Å²) < 4.78 is 16.3. The summed E-state index contributed by atoms with van der Waals surface area (Å²) in [5.41, 5.74) is 0.420. The Labute approximate surface area is 197 Å². The summed E-state index contributed by atoms with van der Waals surface area (Å²) in [6.45, 7) is 5.70. The van der Waals surface area contributed by atoms with Crippen LogP contribution in [-0.4, -0.2) is 74.6 Å². The minimum atomic E-state index is -0.303. The van der Waals surface area contributed by atoms with Crippen LogP contribution in [0, 0.1) is 5.92 Å². The van der Waals surface area contributed by atoms with Crippen molar-refractivity contribution in [1.29, 1.82) is 0 Å². The molecular weight excluding hydrogens is 424 g/mol. The topological polar surface area (TPSA) is 85.4 Å². The quantitative estimate of drug-likeness (QED) is 0.349. The number of methoxy groups -OCH3 is 1. The van der Waals surface area contributed by atoms with Crippen LogP contribution in [0.3, 0.4) is 0 Å². The summed E-state index contributed by atoms with van der Waals surface area (Å²) in [4.78, 5) is 40.8. The lowest BCUT2D eigenvalue weighted by atomic mass is 9.98. The third-order valence-corrected chi connectivity index (χ3v) is 5.78. The molecule has 0 aliphatic carbocycles. The van der Waals surface area contributed by atoms with Gasteiger partial charge in [0.05, 0.1) is 32.8 Å². The minimum absolute atomic E-state index is 0.0631. The second kappa shape index (κ2) is 13.7. The molecule has 1 heterocycles. The highest BCUT2D eigenvalue weighted by atomic mass is 16.5. The van der Waals surface area contributed by atoms with Gasteiger partial charge in [-0.25, -0.2) is 0 Å². The van der Waals surface area contributed by atoms with E-state index in [1.165, 1.54) is 24.9 Å². The molecule has 0 aromatic heterocycles. The molecule has 1 fully saturated rings. The first-order chi connectivity index (χ1) is 15.9. The summed E-state index contributed by atoms with van der Waals surface area (Å²) >= 11 is 0. The van der Waals surface area contributed by atoms with Crippen LogP contribution in [0.2, 0.25) is 0 Å². The van der Waals surface area contributed by atoms with Gasteiger partial charge < -0.3 is 24.0 Å². The number of benzene rings is 1. The van der Waals surface area contributed by atoms with Crippen LogP contribution in [0.5, 0.6) is 11.5 Å². The van der Waals surface area contributed by atoms with E-state index >= 15 is 0 Å². The fraction of sp³-hybridized carbons (Fsp3) is 0.640. The van der Waals surface area contributed by atoms with E-state index in [4.69, 9.17) is 14.2 Å². The van der Waals surface area contributed by atoms with Gasteiger partial charge in [0.25, 0.3) is 5.91 Å². The number of carbonyl (C=O) groups is 3. The molecule has 1 aromatic carbocycles. The van der Waals surface area contributed by atoms with Gasteiger partial charge in [0.1, 0.15) is 0 Å².